The second kappa shape index (κ2) is 10.9. The Morgan fingerprint density at radius 1 is 0.676 bits per heavy atom. The Hall–Kier alpha value is -4.46. The van der Waals surface area contributed by atoms with Crippen LogP contribution < -0.4 is 21.7 Å². The number of hydrogen-bond donors (Lipinski definition) is 4. The molecule has 1 unspecified atom stereocenters. The number of hydrogen-bond acceptors (Lipinski definition) is 4. The molecular formula is C26H26N4O4. The van der Waals surface area contributed by atoms with Crippen LogP contribution in [0.4, 0.5) is 11.4 Å². The van der Waals surface area contributed by atoms with Crippen molar-refractivity contribution in [1.82, 2.24) is 5.32 Å². The molecule has 0 aliphatic rings. The Bertz CT molecular complexity index is 1190. The number of rotatable bonds is 8. The standard InChI is InChI=1S/C26H26N4O4/c1-16-3-7-18(8-4-16)24(32)28-21-13-9-19(10-14-21)25(33)30-22(15-23(27)31)26(34)29-20-11-5-17(2)6-12-20/h3-14,22H,15H2,1-2H3,(H2,27,31)(H,28,32)(H,29,34)(H,30,33). The van der Waals surface area contributed by atoms with Crippen LogP contribution in [0.25, 0.3) is 0 Å². The number of amides is 4. The van der Waals surface area contributed by atoms with Crippen molar-refractivity contribution in [3.05, 3.63) is 95.1 Å². The molecule has 0 heterocycles. The highest BCUT2D eigenvalue weighted by molar-refractivity contribution is 6.05. The third-order valence-electron chi connectivity index (χ3n) is 5.06. The average molecular weight is 459 g/mol. The first kappa shape index (κ1) is 24.2. The number of nitrogens with one attached hydrogen (secondary N) is 3. The predicted octanol–water partition coefficient (Wildman–Crippen LogP) is 3.17. The van der Waals surface area contributed by atoms with Gasteiger partial charge in [-0.2, -0.15) is 0 Å². The number of benzene rings is 3. The lowest BCUT2D eigenvalue weighted by Gasteiger charge is -2.17. The molecule has 0 aromatic heterocycles. The largest absolute Gasteiger partial charge is 0.370 e. The fraction of sp³-hybridized carbons (Fsp3) is 0.154. The van der Waals surface area contributed by atoms with Crippen molar-refractivity contribution < 1.29 is 19.2 Å². The van der Waals surface area contributed by atoms with Crippen LogP contribution >= 0.6 is 0 Å². The number of aryl methyl sites for hydroxylation is 2. The lowest BCUT2D eigenvalue weighted by Crippen LogP contribution is -2.46. The highest BCUT2D eigenvalue weighted by Crippen LogP contribution is 2.13. The minimum atomic E-state index is -1.15. The molecule has 3 aromatic rings. The van der Waals surface area contributed by atoms with Crippen LogP contribution in [0.15, 0.2) is 72.8 Å². The molecule has 0 spiro atoms. The zero-order chi connectivity index (χ0) is 24.7. The topological polar surface area (TPSA) is 130 Å². The Labute approximate surface area is 197 Å². The number of carbonyl (C=O) groups is 4. The van der Waals surface area contributed by atoms with Crippen molar-refractivity contribution >= 4 is 35.0 Å². The second-order valence-corrected chi connectivity index (χ2v) is 7.95. The van der Waals surface area contributed by atoms with Crippen molar-refractivity contribution in [2.45, 2.75) is 26.3 Å². The summed E-state index contributed by atoms with van der Waals surface area (Å²) in [5.41, 5.74) is 9.16. The van der Waals surface area contributed by atoms with E-state index in [-0.39, 0.29) is 17.9 Å². The molecule has 174 valence electrons. The number of nitrogens with two attached hydrogens (primary N) is 1. The van der Waals surface area contributed by atoms with E-state index in [1.807, 2.05) is 38.1 Å². The quantitative estimate of drug-likeness (QED) is 0.413. The van der Waals surface area contributed by atoms with Crippen molar-refractivity contribution in [2.75, 3.05) is 10.6 Å². The van der Waals surface area contributed by atoms with Crippen LogP contribution in [0.5, 0.6) is 0 Å². The van der Waals surface area contributed by atoms with Gasteiger partial charge >= 0.3 is 0 Å². The Morgan fingerprint density at radius 2 is 1.12 bits per heavy atom. The summed E-state index contributed by atoms with van der Waals surface area (Å²) in [6.07, 6.45) is -0.353. The first-order chi connectivity index (χ1) is 16.2. The summed E-state index contributed by atoms with van der Waals surface area (Å²) in [6.45, 7) is 3.85. The van der Waals surface area contributed by atoms with Gasteiger partial charge in [-0.1, -0.05) is 35.4 Å². The number of primary amides is 1. The Morgan fingerprint density at radius 3 is 1.68 bits per heavy atom. The molecule has 0 fully saturated rings. The first-order valence-electron chi connectivity index (χ1n) is 10.7. The summed E-state index contributed by atoms with van der Waals surface area (Å²) < 4.78 is 0. The third kappa shape index (κ3) is 6.77. The maximum absolute atomic E-state index is 12.7. The van der Waals surface area contributed by atoms with E-state index in [4.69, 9.17) is 5.73 Å². The van der Waals surface area contributed by atoms with Gasteiger partial charge in [-0.3, -0.25) is 19.2 Å². The molecule has 0 aliphatic carbocycles. The first-order valence-corrected chi connectivity index (χ1v) is 10.7. The molecule has 3 rings (SSSR count). The van der Waals surface area contributed by atoms with Crippen molar-refractivity contribution in [1.29, 1.82) is 0 Å². The summed E-state index contributed by atoms with van der Waals surface area (Å²) in [7, 11) is 0. The Kier molecular flexibility index (Phi) is 7.76. The van der Waals surface area contributed by atoms with Gasteiger partial charge in [-0.15, -0.1) is 0 Å². The molecule has 3 aromatic carbocycles. The zero-order valence-electron chi connectivity index (χ0n) is 18.9. The van der Waals surface area contributed by atoms with E-state index in [0.29, 0.717) is 16.9 Å². The molecule has 0 bridgehead atoms. The van der Waals surface area contributed by atoms with Gasteiger partial charge in [0, 0.05) is 22.5 Å². The van der Waals surface area contributed by atoms with Crippen molar-refractivity contribution in [3.8, 4) is 0 Å². The van der Waals surface area contributed by atoms with Gasteiger partial charge in [0.1, 0.15) is 6.04 Å². The van der Waals surface area contributed by atoms with Gasteiger partial charge in [-0.25, -0.2) is 0 Å². The average Bonchev–Trinajstić information content (AvgIpc) is 2.80. The molecule has 0 aliphatic heterocycles. The minimum absolute atomic E-state index is 0.256. The van der Waals surface area contributed by atoms with E-state index in [2.05, 4.69) is 16.0 Å². The molecule has 8 heteroatoms. The highest BCUT2D eigenvalue weighted by atomic mass is 16.2. The normalized spacial score (nSPS) is 11.2. The molecule has 8 nitrogen and oxygen atoms in total. The van der Waals surface area contributed by atoms with Crippen molar-refractivity contribution in [2.24, 2.45) is 5.73 Å². The zero-order valence-corrected chi connectivity index (χ0v) is 18.9. The fourth-order valence-electron chi connectivity index (χ4n) is 3.13. The monoisotopic (exact) mass is 458 g/mol. The second-order valence-electron chi connectivity index (χ2n) is 7.95. The van der Waals surface area contributed by atoms with Crippen LogP contribution in [0.2, 0.25) is 0 Å². The van der Waals surface area contributed by atoms with E-state index in [1.165, 1.54) is 12.1 Å². The minimum Gasteiger partial charge on any atom is -0.370 e. The fourth-order valence-corrected chi connectivity index (χ4v) is 3.13. The number of carbonyl (C=O) groups excluding carboxylic acids is 4. The third-order valence-corrected chi connectivity index (χ3v) is 5.06. The van der Waals surface area contributed by atoms with Crippen LogP contribution in [0.1, 0.15) is 38.3 Å². The smallest absolute Gasteiger partial charge is 0.255 e. The van der Waals surface area contributed by atoms with Gasteiger partial charge < -0.3 is 21.7 Å². The molecular weight excluding hydrogens is 432 g/mol. The van der Waals surface area contributed by atoms with Crippen LogP contribution in [0, 0.1) is 13.8 Å². The Balaban J connectivity index is 1.64. The van der Waals surface area contributed by atoms with E-state index >= 15 is 0 Å². The lowest BCUT2D eigenvalue weighted by atomic mass is 10.1. The SMILES string of the molecule is Cc1ccc(NC(=O)C(CC(N)=O)NC(=O)c2ccc(NC(=O)c3ccc(C)cc3)cc2)cc1. The summed E-state index contributed by atoms with van der Waals surface area (Å²) >= 11 is 0. The summed E-state index contributed by atoms with van der Waals surface area (Å²) in [5.74, 6) is -2.11. The molecule has 0 radical (unpaired) electrons. The van der Waals surface area contributed by atoms with Gasteiger partial charge in [0.05, 0.1) is 6.42 Å². The van der Waals surface area contributed by atoms with Crippen LogP contribution in [-0.4, -0.2) is 29.7 Å². The van der Waals surface area contributed by atoms with Gasteiger partial charge in [-0.05, 0) is 62.4 Å². The summed E-state index contributed by atoms with van der Waals surface area (Å²) in [4.78, 5) is 49.2. The van der Waals surface area contributed by atoms with Gasteiger partial charge in [0.15, 0.2) is 0 Å². The van der Waals surface area contributed by atoms with Crippen molar-refractivity contribution in [3.63, 3.8) is 0 Å². The molecule has 34 heavy (non-hydrogen) atoms. The molecule has 1 atom stereocenters. The van der Waals surface area contributed by atoms with E-state index < -0.39 is 23.8 Å². The maximum Gasteiger partial charge on any atom is 0.255 e. The molecule has 0 saturated carbocycles. The lowest BCUT2D eigenvalue weighted by molar-refractivity contribution is -0.123. The van der Waals surface area contributed by atoms with E-state index in [1.54, 1.807) is 36.4 Å². The molecule has 4 amide bonds. The number of anilines is 2. The van der Waals surface area contributed by atoms with Gasteiger partial charge in [0.25, 0.3) is 11.8 Å². The van der Waals surface area contributed by atoms with Crippen LogP contribution in [0.3, 0.4) is 0 Å². The molecule has 5 N–H and O–H groups in total. The van der Waals surface area contributed by atoms with Gasteiger partial charge in [0.2, 0.25) is 11.8 Å². The predicted molar refractivity (Wildman–Crippen MR) is 130 cm³/mol. The maximum atomic E-state index is 12.7. The molecule has 0 saturated heterocycles. The van der Waals surface area contributed by atoms with Crippen LogP contribution in [-0.2, 0) is 9.59 Å². The summed E-state index contributed by atoms with van der Waals surface area (Å²) in [6, 6.07) is 19.3. The summed E-state index contributed by atoms with van der Waals surface area (Å²) in [5, 5.41) is 7.98. The highest BCUT2D eigenvalue weighted by Gasteiger charge is 2.23. The van der Waals surface area contributed by atoms with E-state index in [9.17, 15) is 19.2 Å². The van der Waals surface area contributed by atoms with E-state index in [0.717, 1.165) is 11.1 Å².